The van der Waals surface area contributed by atoms with Crippen LogP contribution < -0.4 is 10.1 Å². The van der Waals surface area contributed by atoms with Crippen molar-refractivity contribution in [1.29, 1.82) is 0 Å². The Kier molecular flexibility index (Phi) is 6.65. The molecule has 0 radical (unpaired) electrons. The van der Waals surface area contributed by atoms with Crippen LogP contribution in [0.2, 0.25) is 0 Å². The van der Waals surface area contributed by atoms with Crippen LogP contribution >= 0.6 is 0 Å². The number of carbonyl (C=O) groups is 2. The number of carboxylic acid groups (broad SMARTS) is 1. The van der Waals surface area contributed by atoms with E-state index in [0.29, 0.717) is 12.3 Å². The normalized spacial score (nSPS) is 12.0. The standard InChI is InChI=1S/C15H22N2O4/c1-4-6-11(15(19)20)9-16-14(18)12-7-5-8-13(17-12)21-10(2)3/h5,7-8,10-11H,4,6,9H2,1-3H3,(H,16,18)(H,19,20). The van der Waals surface area contributed by atoms with Crippen LogP contribution in [0.25, 0.3) is 0 Å². The summed E-state index contributed by atoms with van der Waals surface area (Å²) in [4.78, 5) is 27.1. The number of carbonyl (C=O) groups excluding carboxylic acids is 1. The fraction of sp³-hybridized carbons (Fsp3) is 0.533. The summed E-state index contributed by atoms with van der Waals surface area (Å²) in [6, 6.07) is 4.92. The van der Waals surface area contributed by atoms with Crippen molar-refractivity contribution in [2.24, 2.45) is 5.92 Å². The Morgan fingerprint density at radius 3 is 2.67 bits per heavy atom. The van der Waals surface area contributed by atoms with Gasteiger partial charge in [-0.25, -0.2) is 4.98 Å². The number of pyridine rings is 1. The Hall–Kier alpha value is -2.11. The molecule has 116 valence electrons. The molecule has 21 heavy (non-hydrogen) atoms. The fourth-order valence-electron chi connectivity index (χ4n) is 1.82. The van der Waals surface area contributed by atoms with Gasteiger partial charge in [0.25, 0.3) is 5.91 Å². The Morgan fingerprint density at radius 2 is 2.10 bits per heavy atom. The number of aliphatic carboxylic acids is 1. The minimum atomic E-state index is -0.901. The van der Waals surface area contributed by atoms with Crippen LogP contribution in [-0.4, -0.2) is 34.6 Å². The molecular formula is C15H22N2O4. The minimum absolute atomic E-state index is 0.0308. The Balaban J connectivity index is 2.64. The molecule has 1 aromatic rings. The molecule has 0 aliphatic heterocycles. The van der Waals surface area contributed by atoms with Gasteiger partial charge in [-0.05, 0) is 26.3 Å². The molecule has 1 heterocycles. The maximum absolute atomic E-state index is 12.0. The van der Waals surface area contributed by atoms with Gasteiger partial charge in [0.05, 0.1) is 12.0 Å². The van der Waals surface area contributed by atoms with Crippen LogP contribution in [0, 0.1) is 5.92 Å². The second kappa shape index (κ2) is 8.24. The molecule has 6 nitrogen and oxygen atoms in total. The van der Waals surface area contributed by atoms with Crippen LogP contribution in [0.15, 0.2) is 18.2 Å². The maximum Gasteiger partial charge on any atom is 0.308 e. The van der Waals surface area contributed by atoms with Gasteiger partial charge in [-0.2, -0.15) is 0 Å². The van der Waals surface area contributed by atoms with Gasteiger partial charge in [0.2, 0.25) is 5.88 Å². The van der Waals surface area contributed by atoms with E-state index in [1.807, 2.05) is 20.8 Å². The fourth-order valence-corrected chi connectivity index (χ4v) is 1.82. The monoisotopic (exact) mass is 294 g/mol. The van der Waals surface area contributed by atoms with Crippen LogP contribution in [0.5, 0.6) is 5.88 Å². The van der Waals surface area contributed by atoms with E-state index in [0.717, 1.165) is 6.42 Å². The van der Waals surface area contributed by atoms with E-state index in [1.165, 1.54) is 0 Å². The largest absolute Gasteiger partial charge is 0.481 e. The summed E-state index contributed by atoms with van der Waals surface area (Å²) >= 11 is 0. The van der Waals surface area contributed by atoms with Gasteiger partial charge in [0, 0.05) is 12.6 Å². The molecule has 0 saturated carbocycles. The lowest BCUT2D eigenvalue weighted by atomic mass is 10.0. The van der Waals surface area contributed by atoms with Crippen LogP contribution in [0.4, 0.5) is 0 Å². The van der Waals surface area contributed by atoms with Crippen molar-refractivity contribution in [2.45, 2.75) is 39.7 Å². The van der Waals surface area contributed by atoms with Crippen molar-refractivity contribution in [1.82, 2.24) is 10.3 Å². The summed E-state index contributed by atoms with van der Waals surface area (Å²) in [7, 11) is 0. The van der Waals surface area contributed by atoms with E-state index < -0.39 is 17.8 Å². The second-order valence-electron chi connectivity index (χ2n) is 5.06. The van der Waals surface area contributed by atoms with Gasteiger partial charge in [-0.1, -0.05) is 19.4 Å². The van der Waals surface area contributed by atoms with Crippen LogP contribution in [0.1, 0.15) is 44.1 Å². The number of nitrogens with one attached hydrogen (secondary N) is 1. The van der Waals surface area contributed by atoms with E-state index in [4.69, 9.17) is 9.84 Å². The number of carboxylic acids is 1. The minimum Gasteiger partial charge on any atom is -0.481 e. The number of hydrogen-bond acceptors (Lipinski definition) is 4. The summed E-state index contributed by atoms with van der Waals surface area (Å²) in [5.41, 5.74) is 0.216. The number of rotatable bonds is 8. The van der Waals surface area contributed by atoms with Gasteiger partial charge in [-0.3, -0.25) is 9.59 Å². The highest BCUT2D eigenvalue weighted by molar-refractivity contribution is 5.92. The molecule has 0 aliphatic rings. The number of nitrogens with zero attached hydrogens (tertiary/aromatic N) is 1. The molecule has 2 N–H and O–H groups in total. The van der Waals surface area contributed by atoms with Crippen molar-refractivity contribution in [2.75, 3.05) is 6.54 Å². The highest BCUT2D eigenvalue weighted by Gasteiger charge is 2.18. The average Bonchev–Trinajstić information content (AvgIpc) is 2.42. The van der Waals surface area contributed by atoms with Crippen molar-refractivity contribution in [3.63, 3.8) is 0 Å². The first-order chi connectivity index (χ1) is 9.93. The summed E-state index contributed by atoms with van der Waals surface area (Å²) in [6.45, 7) is 5.75. The van der Waals surface area contributed by atoms with Gasteiger partial charge in [0.1, 0.15) is 5.69 Å². The van der Waals surface area contributed by atoms with Gasteiger partial charge in [0.15, 0.2) is 0 Å². The summed E-state index contributed by atoms with van der Waals surface area (Å²) in [5, 5.41) is 11.7. The molecule has 1 unspecified atom stereocenters. The highest BCUT2D eigenvalue weighted by atomic mass is 16.5. The second-order valence-corrected chi connectivity index (χ2v) is 5.06. The average molecular weight is 294 g/mol. The SMILES string of the molecule is CCCC(CNC(=O)c1cccc(OC(C)C)n1)C(=O)O. The molecule has 1 aromatic heterocycles. The quantitative estimate of drug-likeness (QED) is 0.766. The van der Waals surface area contributed by atoms with Crippen LogP contribution in [0.3, 0.4) is 0 Å². The van der Waals surface area contributed by atoms with Gasteiger partial charge < -0.3 is 15.2 Å². The topological polar surface area (TPSA) is 88.5 Å². The zero-order valence-corrected chi connectivity index (χ0v) is 12.6. The van der Waals surface area contributed by atoms with Crippen LogP contribution in [-0.2, 0) is 4.79 Å². The van der Waals surface area contributed by atoms with E-state index in [-0.39, 0.29) is 18.3 Å². The number of amides is 1. The number of aromatic nitrogens is 1. The molecule has 0 saturated heterocycles. The van der Waals surface area contributed by atoms with Crippen molar-refractivity contribution in [3.05, 3.63) is 23.9 Å². The predicted octanol–water partition coefficient (Wildman–Crippen LogP) is 2.10. The number of hydrogen-bond donors (Lipinski definition) is 2. The third kappa shape index (κ3) is 5.81. The third-order valence-corrected chi connectivity index (χ3v) is 2.81. The molecule has 0 fully saturated rings. The zero-order valence-electron chi connectivity index (χ0n) is 12.6. The first-order valence-corrected chi connectivity index (χ1v) is 7.08. The molecule has 1 rings (SSSR count). The molecular weight excluding hydrogens is 272 g/mol. The van der Waals surface area contributed by atoms with Gasteiger partial charge >= 0.3 is 5.97 Å². The zero-order chi connectivity index (χ0) is 15.8. The van der Waals surface area contributed by atoms with Crippen molar-refractivity contribution >= 4 is 11.9 Å². The Morgan fingerprint density at radius 1 is 1.38 bits per heavy atom. The predicted molar refractivity (Wildman–Crippen MR) is 78.4 cm³/mol. The third-order valence-electron chi connectivity index (χ3n) is 2.81. The van der Waals surface area contributed by atoms with E-state index in [1.54, 1.807) is 18.2 Å². The molecule has 0 aromatic carbocycles. The molecule has 1 atom stereocenters. The van der Waals surface area contributed by atoms with E-state index in [2.05, 4.69) is 10.3 Å². The van der Waals surface area contributed by atoms with Crippen molar-refractivity contribution < 1.29 is 19.4 Å². The lowest BCUT2D eigenvalue weighted by Gasteiger charge is -2.13. The summed E-state index contributed by atoms with van der Waals surface area (Å²) < 4.78 is 5.42. The first kappa shape index (κ1) is 16.9. The highest BCUT2D eigenvalue weighted by Crippen LogP contribution is 2.10. The Bertz CT molecular complexity index is 488. The Labute approximate surface area is 124 Å². The summed E-state index contributed by atoms with van der Waals surface area (Å²) in [6.07, 6.45) is 1.25. The van der Waals surface area contributed by atoms with Crippen molar-refractivity contribution in [3.8, 4) is 5.88 Å². The molecule has 0 bridgehead atoms. The lowest BCUT2D eigenvalue weighted by Crippen LogP contribution is -2.33. The molecule has 0 spiro atoms. The maximum atomic E-state index is 12.0. The molecule has 1 amide bonds. The van der Waals surface area contributed by atoms with E-state index >= 15 is 0 Å². The summed E-state index contributed by atoms with van der Waals surface area (Å²) in [5.74, 6) is -1.50. The molecule has 0 aliphatic carbocycles. The number of ether oxygens (including phenoxy) is 1. The van der Waals surface area contributed by atoms with E-state index in [9.17, 15) is 9.59 Å². The first-order valence-electron chi connectivity index (χ1n) is 7.08. The lowest BCUT2D eigenvalue weighted by molar-refractivity contribution is -0.141. The smallest absolute Gasteiger partial charge is 0.308 e. The molecule has 6 heteroatoms. The van der Waals surface area contributed by atoms with Gasteiger partial charge in [-0.15, -0.1) is 0 Å².